The topological polar surface area (TPSA) is 26.0 Å². The summed E-state index contributed by atoms with van der Waals surface area (Å²) in [5.74, 6) is 4.45. The van der Waals surface area contributed by atoms with E-state index in [0.717, 1.165) is 23.7 Å². The zero-order valence-corrected chi connectivity index (χ0v) is 13.3. The smallest absolute Gasteiger partial charge is 0.00620 e. The second-order valence-corrected chi connectivity index (χ2v) is 6.96. The first-order valence-corrected chi connectivity index (χ1v) is 8.26. The van der Waals surface area contributed by atoms with Gasteiger partial charge in [-0.3, -0.25) is 0 Å². The zero-order chi connectivity index (χ0) is 13.7. The first kappa shape index (κ1) is 16.0. The van der Waals surface area contributed by atoms with Crippen molar-refractivity contribution in [2.45, 2.75) is 79.2 Å². The molecule has 5 atom stereocenters. The molecule has 0 aliphatic heterocycles. The van der Waals surface area contributed by atoms with Gasteiger partial charge in [0.1, 0.15) is 0 Å². The maximum absolute atomic E-state index is 6.23. The van der Waals surface area contributed by atoms with E-state index in [4.69, 9.17) is 5.73 Å². The van der Waals surface area contributed by atoms with Crippen LogP contribution in [0.15, 0.2) is 0 Å². The lowest BCUT2D eigenvalue weighted by Gasteiger charge is -2.26. The zero-order valence-electron chi connectivity index (χ0n) is 13.3. The predicted octanol–water partition coefficient (Wildman–Crippen LogP) is 4.85. The van der Waals surface area contributed by atoms with Crippen LogP contribution in [0.25, 0.3) is 0 Å². The lowest BCUT2D eigenvalue weighted by atomic mass is 9.81. The van der Waals surface area contributed by atoms with E-state index in [1.807, 2.05) is 0 Å². The van der Waals surface area contributed by atoms with Crippen molar-refractivity contribution in [3.8, 4) is 0 Å². The monoisotopic (exact) mass is 253 g/mol. The fourth-order valence-electron chi connectivity index (χ4n) is 4.02. The fourth-order valence-corrected chi connectivity index (χ4v) is 4.02. The summed E-state index contributed by atoms with van der Waals surface area (Å²) in [5, 5.41) is 0. The van der Waals surface area contributed by atoms with Gasteiger partial charge in [-0.05, 0) is 48.9 Å². The lowest BCUT2D eigenvalue weighted by Crippen LogP contribution is -2.28. The van der Waals surface area contributed by atoms with Crippen molar-refractivity contribution in [1.82, 2.24) is 0 Å². The third-order valence-corrected chi connectivity index (χ3v) is 5.50. The van der Waals surface area contributed by atoms with Gasteiger partial charge in [-0.15, -0.1) is 0 Å². The maximum Gasteiger partial charge on any atom is 0.00620 e. The second-order valence-electron chi connectivity index (χ2n) is 6.96. The Balaban J connectivity index is 2.53. The molecule has 1 aliphatic carbocycles. The van der Waals surface area contributed by atoms with Gasteiger partial charge in [0.2, 0.25) is 0 Å². The first-order chi connectivity index (χ1) is 8.51. The highest BCUT2D eigenvalue weighted by molar-refractivity contribution is 4.88. The van der Waals surface area contributed by atoms with Crippen molar-refractivity contribution in [3.63, 3.8) is 0 Å². The molecule has 2 N–H and O–H groups in total. The van der Waals surface area contributed by atoms with E-state index < -0.39 is 0 Å². The molecule has 1 heteroatoms. The molecule has 0 saturated heterocycles. The Hall–Kier alpha value is -0.0400. The molecule has 1 fully saturated rings. The van der Waals surface area contributed by atoms with E-state index in [1.165, 1.54) is 38.5 Å². The minimum absolute atomic E-state index is 0.403. The average molecular weight is 253 g/mol. The van der Waals surface area contributed by atoms with Gasteiger partial charge in [-0.25, -0.2) is 0 Å². The summed E-state index contributed by atoms with van der Waals surface area (Å²) in [4.78, 5) is 0. The third kappa shape index (κ3) is 3.98. The van der Waals surface area contributed by atoms with E-state index in [2.05, 4.69) is 34.6 Å². The summed E-state index contributed by atoms with van der Waals surface area (Å²) in [6.45, 7) is 11.7. The van der Waals surface area contributed by atoms with Gasteiger partial charge >= 0.3 is 0 Å². The van der Waals surface area contributed by atoms with Crippen LogP contribution in [0, 0.1) is 29.6 Å². The van der Waals surface area contributed by atoms with Crippen LogP contribution in [-0.2, 0) is 0 Å². The summed E-state index contributed by atoms with van der Waals surface area (Å²) in [7, 11) is 0. The van der Waals surface area contributed by atoms with Crippen LogP contribution in [0.4, 0.5) is 0 Å². The van der Waals surface area contributed by atoms with Crippen molar-refractivity contribution in [2.24, 2.45) is 35.3 Å². The van der Waals surface area contributed by atoms with E-state index in [-0.39, 0.29) is 0 Å². The van der Waals surface area contributed by atoms with Crippen LogP contribution in [-0.4, -0.2) is 6.04 Å². The molecule has 1 aliphatic rings. The van der Waals surface area contributed by atoms with Crippen LogP contribution in [0.5, 0.6) is 0 Å². The Bertz CT molecular complexity index is 224. The third-order valence-electron chi connectivity index (χ3n) is 5.50. The molecular formula is C17H35N. The van der Waals surface area contributed by atoms with Gasteiger partial charge in [0.25, 0.3) is 0 Å². The van der Waals surface area contributed by atoms with Crippen molar-refractivity contribution >= 4 is 0 Å². The minimum Gasteiger partial charge on any atom is -0.327 e. The Morgan fingerprint density at radius 2 is 1.78 bits per heavy atom. The molecule has 108 valence electrons. The van der Waals surface area contributed by atoms with Gasteiger partial charge in [-0.1, -0.05) is 53.9 Å². The SMILES string of the molecule is CCCC1CC(CC)C(C)C1CCC(N)C(C)C. The molecule has 1 nitrogen and oxygen atoms in total. The largest absolute Gasteiger partial charge is 0.327 e. The van der Waals surface area contributed by atoms with E-state index in [9.17, 15) is 0 Å². The van der Waals surface area contributed by atoms with Gasteiger partial charge < -0.3 is 5.73 Å². The molecule has 5 unspecified atom stereocenters. The van der Waals surface area contributed by atoms with Crippen LogP contribution in [0.3, 0.4) is 0 Å². The van der Waals surface area contributed by atoms with Crippen LogP contribution >= 0.6 is 0 Å². The second kappa shape index (κ2) is 7.53. The van der Waals surface area contributed by atoms with Crippen molar-refractivity contribution in [1.29, 1.82) is 0 Å². The number of hydrogen-bond acceptors (Lipinski definition) is 1. The molecular weight excluding hydrogens is 218 g/mol. The van der Waals surface area contributed by atoms with Crippen molar-refractivity contribution < 1.29 is 0 Å². The van der Waals surface area contributed by atoms with Crippen molar-refractivity contribution in [3.05, 3.63) is 0 Å². The maximum atomic E-state index is 6.23. The number of hydrogen-bond donors (Lipinski definition) is 1. The normalized spacial score (nSPS) is 34.2. The highest BCUT2D eigenvalue weighted by Gasteiger charge is 2.38. The highest BCUT2D eigenvalue weighted by atomic mass is 14.6. The highest BCUT2D eigenvalue weighted by Crippen LogP contribution is 2.47. The van der Waals surface area contributed by atoms with Crippen LogP contribution in [0.2, 0.25) is 0 Å². The number of nitrogens with two attached hydrogens (primary N) is 1. The van der Waals surface area contributed by atoms with E-state index in [1.54, 1.807) is 0 Å². The molecule has 1 saturated carbocycles. The number of rotatable bonds is 7. The summed E-state index contributed by atoms with van der Waals surface area (Å²) >= 11 is 0. The van der Waals surface area contributed by atoms with Gasteiger partial charge in [-0.2, -0.15) is 0 Å². The summed E-state index contributed by atoms with van der Waals surface area (Å²) in [6.07, 6.45) is 8.22. The van der Waals surface area contributed by atoms with Gasteiger partial charge in [0, 0.05) is 6.04 Å². The van der Waals surface area contributed by atoms with E-state index >= 15 is 0 Å². The molecule has 0 bridgehead atoms. The van der Waals surface area contributed by atoms with Gasteiger partial charge in [0.05, 0.1) is 0 Å². The molecule has 0 aromatic carbocycles. The summed E-state index contributed by atoms with van der Waals surface area (Å²) < 4.78 is 0. The van der Waals surface area contributed by atoms with Crippen molar-refractivity contribution in [2.75, 3.05) is 0 Å². The summed E-state index contributed by atoms with van der Waals surface area (Å²) in [6, 6.07) is 0.403. The van der Waals surface area contributed by atoms with Gasteiger partial charge in [0.15, 0.2) is 0 Å². The Kier molecular flexibility index (Phi) is 6.70. The molecule has 1 rings (SSSR count). The van der Waals surface area contributed by atoms with Crippen LogP contribution in [0.1, 0.15) is 73.1 Å². The molecule has 0 spiro atoms. The Morgan fingerprint density at radius 3 is 2.28 bits per heavy atom. The summed E-state index contributed by atoms with van der Waals surface area (Å²) in [5.41, 5.74) is 6.23. The quantitative estimate of drug-likeness (QED) is 0.689. The minimum atomic E-state index is 0.403. The fraction of sp³-hybridized carbons (Fsp3) is 1.00. The molecule has 0 aromatic rings. The van der Waals surface area contributed by atoms with Crippen LogP contribution < -0.4 is 5.73 Å². The first-order valence-electron chi connectivity index (χ1n) is 8.26. The molecule has 0 amide bonds. The Morgan fingerprint density at radius 1 is 1.11 bits per heavy atom. The average Bonchev–Trinajstić information content (AvgIpc) is 2.63. The molecule has 0 aromatic heterocycles. The van der Waals surface area contributed by atoms with E-state index in [0.29, 0.717) is 12.0 Å². The molecule has 0 heterocycles. The molecule has 0 radical (unpaired) electrons. The predicted molar refractivity (Wildman–Crippen MR) is 81.5 cm³/mol. The standard InChI is InChI=1S/C17H35N/c1-6-8-15-11-14(7-2)13(5)16(15)9-10-17(18)12(3)4/h12-17H,6-11,18H2,1-5H3. The Labute approximate surface area is 115 Å². The lowest BCUT2D eigenvalue weighted by molar-refractivity contribution is 0.255. The molecule has 18 heavy (non-hydrogen) atoms.